The van der Waals surface area contributed by atoms with Crippen molar-refractivity contribution in [3.05, 3.63) is 45.7 Å². The Balaban J connectivity index is 1.88. The zero-order valence-corrected chi connectivity index (χ0v) is 13.1. The molecule has 1 N–H and O–H groups in total. The van der Waals surface area contributed by atoms with E-state index in [2.05, 4.69) is 10.3 Å². The lowest BCUT2D eigenvalue weighted by atomic mass is 10.0. The molecule has 1 unspecified atom stereocenters. The first kappa shape index (κ1) is 14.6. The van der Waals surface area contributed by atoms with E-state index in [1.165, 1.54) is 18.2 Å². The van der Waals surface area contributed by atoms with Crippen molar-refractivity contribution in [2.24, 2.45) is 0 Å². The lowest BCUT2D eigenvalue weighted by Crippen LogP contribution is -2.29. The molecule has 1 aliphatic heterocycles. The molecule has 0 bridgehead atoms. The Morgan fingerprint density at radius 2 is 2.29 bits per heavy atom. The lowest BCUT2D eigenvalue weighted by Gasteiger charge is -2.26. The van der Waals surface area contributed by atoms with E-state index in [1.54, 1.807) is 16.8 Å². The summed E-state index contributed by atoms with van der Waals surface area (Å²) in [6.07, 6.45) is 0.455. The molecule has 1 aromatic heterocycles. The Bertz CT molecular complexity index is 771. The summed E-state index contributed by atoms with van der Waals surface area (Å²) in [5.41, 5.74) is 3.28. The van der Waals surface area contributed by atoms with E-state index < -0.39 is 15.7 Å². The van der Waals surface area contributed by atoms with Crippen LogP contribution in [0.25, 0.3) is 0 Å². The van der Waals surface area contributed by atoms with Crippen LogP contribution in [0.5, 0.6) is 0 Å². The summed E-state index contributed by atoms with van der Waals surface area (Å²) >= 11 is 1.56. The molecule has 2 heterocycles. The number of hydrogen-bond acceptors (Lipinski definition) is 5. The van der Waals surface area contributed by atoms with E-state index >= 15 is 0 Å². The van der Waals surface area contributed by atoms with Crippen molar-refractivity contribution in [3.8, 4) is 0 Å². The maximum atomic E-state index is 13.5. The van der Waals surface area contributed by atoms with Gasteiger partial charge in [0, 0.05) is 17.5 Å². The number of benzene rings is 1. The van der Waals surface area contributed by atoms with Gasteiger partial charge in [-0.25, -0.2) is 17.8 Å². The number of sulfone groups is 1. The molecule has 1 atom stereocenters. The van der Waals surface area contributed by atoms with Gasteiger partial charge in [0.05, 0.1) is 21.9 Å². The van der Waals surface area contributed by atoms with Crippen molar-refractivity contribution < 1.29 is 12.8 Å². The summed E-state index contributed by atoms with van der Waals surface area (Å²) in [6, 6.07) is 3.74. The van der Waals surface area contributed by atoms with E-state index in [-0.39, 0.29) is 16.7 Å². The molecular formula is C14H15FN2O2S2. The molecule has 2 aromatic rings. The molecule has 7 heteroatoms. The normalized spacial score (nSPS) is 20.2. The van der Waals surface area contributed by atoms with Gasteiger partial charge in [-0.15, -0.1) is 11.3 Å². The summed E-state index contributed by atoms with van der Waals surface area (Å²) in [5.74, 6) is -0.322. The molecule has 1 aromatic carbocycles. The van der Waals surface area contributed by atoms with Gasteiger partial charge in [-0.3, -0.25) is 0 Å². The molecule has 0 aliphatic carbocycles. The fourth-order valence-electron chi connectivity index (χ4n) is 2.54. The summed E-state index contributed by atoms with van der Waals surface area (Å²) in [5, 5.41) is 3.33. The Kier molecular flexibility index (Phi) is 3.81. The maximum Gasteiger partial charge on any atom is 0.178 e. The van der Waals surface area contributed by atoms with Gasteiger partial charge in [-0.05, 0) is 37.1 Å². The van der Waals surface area contributed by atoms with Crippen molar-refractivity contribution in [1.82, 2.24) is 10.3 Å². The number of thiazole rings is 1. The van der Waals surface area contributed by atoms with Crippen LogP contribution >= 0.6 is 11.3 Å². The number of rotatable bonds is 3. The maximum absolute atomic E-state index is 13.5. The van der Waals surface area contributed by atoms with E-state index in [4.69, 9.17) is 0 Å². The fraction of sp³-hybridized carbons (Fsp3) is 0.357. The molecule has 4 nitrogen and oxygen atoms in total. The van der Waals surface area contributed by atoms with Crippen LogP contribution in [-0.4, -0.2) is 19.2 Å². The second-order valence-corrected chi connectivity index (χ2v) is 8.10. The van der Waals surface area contributed by atoms with Gasteiger partial charge < -0.3 is 5.32 Å². The fourth-order valence-corrected chi connectivity index (χ4v) is 4.87. The molecule has 21 heavy (non-hydrogen) atoms. The zero-order valence-electron chi connectivity index (χ0n) is 11.5. The van der Waals surface area contributed by atoms with Crippen LogP contribution in [-0.2, 0) is 16.4 Å². The topological polar surface area (TPSA) is 59.1 Å². The SMILES string of the molecule is Cc1ncsc1CNC1CCS(=O)(=O)c2ccc(F)cc21. The third-order valence-corrected chi connectivity index (χ3v) is 6.46. The zero-order chi connectivity index (χ0) is 15.0. The van der Waals surface area contributed by atoms with Crippen LogP contribution in [0.3, 0.4) is 0 Å². The molecular weight excluding hydrogens is 311 g/mol. The lowest BCUT2D eigenvalue weighted by molar-refractivity contribution is 0.488. The minimum Gasteiger partial charge on any atom is -0.305 e. The standard InChI is InChI=1S/C14H15FN2O2S2/c1-9-13(20-8-17-9)7-16-12-4-5-21(18,19)14-3-2-10(15)6-11(12)14/h2-3,6,8,12,16H,4-5,7H2,1H3. The molecule has 0 saturated heterocycles. The van der Waals surface area contributed by atoms with Crippen molar-refractivity contribution >= 4 is 21.2 Å². The predicted molar refractivity (Wildman–Crippen MR) is 79.5 cm³/mol. The van der Waals surface area contributed by atoms with Gasteiger partial charge >= 0.3 is 0 Å². The average Bonchev–Trinajstić information content (AvgIpc) is 2.83. The third kappa shape index (κ3) is 2.86. The van der Waals surface area contributed by atoms with Crippen LogP contribution in [0.1, 0.15) is 28.6 Å². The molecule has 0 saturated carbocycles. The molecule has 0 fully saturated rings. The predicted octanol–water partition coefficient (Wildman–Crippen LogP) is 2.60. The van der Waals surface area contributed by atoms with Gasteiger partial charge in [0.25, 0.3) is 0 Å². The first-order valence-electron chi connectivity index (χ1n) is 6.62. The average molecular weight is 326 g/mol. The van der Waals surface area contributed by atoms with Crippen LogP contribution in [0.15, 0.2) is 28.6 Å². The van der Waals surface area contributed by atoms with Crippen molar-refractivity contribution in [1.29, 1.82) is 0 Å². The summed E-state index contributed by atoms with van der Waals surface area (Å²) in [6.45, 7) is 2.55. The highest BCUT2D eigenvalue weighted by atomic mass is 32.2. The second kappa shape index (κ2) is 5.47. The minimum atomic E-state index is -3.29. The first-order valence-corrected chi connectivity index (χ1v) is 9.15. The number of aromatic nitrogens is 1. The number of halogens is 1. The van der Waals surface area contributed by atoms with Crippen molar-refractivity contribution in [3.63, 3.8) is 0 Å². The Morgan fingerprint density at radius 3 is 3.00 bits per heavy atom. The van der Waals surface area contributed by atoms with E-state index in [0.717, 1.165) is 10.6 Å². The Hall–Kier alpha value is -1.31. The molecule has 0 amide bonds. The smallest absolute Gasteiger partial charge is 0.178 e. The number of fused-ring (bicyclic) bond motifs is 1. The molecule has 3 rings (SSSR count). The van der Waals surface area contributed by atoms with Crippen LogP contribution < -0.4 is 5.32 Å². The molecule has 0 spiro atoms. The second-order valence-electron chi connectivity index (χ2n) is 5.08. The quantitative estimate of drug-likeness (QED) is 0.881. The Labute approximate surface area is 127 Å². The number of nitrogens with one attached hydrogen (secondary N) is 1. The summed E-state index contributed by atoms with van der Waals surface area (Å²) < 4.78 is 37.6. The summed E-state index contributed by atoms with van der Waals surface area (Å²) in [7, 11) is -3.29. The Morgan fingerprint density at radius 1 is 1.48 bits per heavy atom. The first-order chi connectivity index (χ1) is 9.97. The van der Waals surface area contributed by atoms with Crippen molar-refractivity contribution in [2.75, 3.05) is 5.75 Å². The van der Waals surface area contributed by atoms with Crippen LogP contribution in [0, 0.1) is 12.7 Å². The molecule has 0 radical (unpaired) electrons. The third-order valence-electron chi connectivity index (χ3n) is 3.71. The molecule has 1 aliphatic rings. The van der Waals surface area contributed by atoms with E-state index in [1.807, 2.05) is 6.92 Å². The van der Waals surface area contributed by atoms with Gasteiger partial charge in [-0.2, -0.15) is 0 Å². The highest BCUT2D eigenvalue weighted by Gasteiger charge is 2.30. The van der Waals surface area contributed by atoms with Gasteiger partial charge in [-0.1, -0.05) is 0 Å². The van der Waals surface area contributed by atoms with Gasteiger partial charge in [0.2, 0.25) is 0 Å². The van der Waals surface area contributed by atoms with Crippen LogP contribution in [0.2, 0.25) is 0 Å². The summed E-state index contributed by atoms with van der Waals surface area (Å²) in [4.78, 5) is 5.54. The van der Waals surface area contributed by atoms with Crippen LogP contribution in [0.4, 0.5) is 4.39 Å². The van der Waals surface area contributed by atoms with E-state index in [0.29, 0.717) is 18.5 Å². The molecule has 112 valence electrons. The van der Waals surface area contributed by atoms with E-state index in [9.17, 15) is 12.8 Å². The highest BCUT2D eigenvalue weighted by Crippen LogP contribution is 2.33. The van der Waals surface area contributed by atoms with Gasteiger partial charge in [0.1, 0.15) is 5.82 Å². The van der Waals surface area contributed by atoms with Gasteiger partial charge in [0.15, 0.2) is 9.84 Å². The highest BCUT2D eigenvalue weighted by molar-refractivity contribution is 7.91. The van der Waals surface area contributed by atoms with Crippen molar-refractivity contribution in [2.45, 2.75) is 30.8 Å². The number of aryl methyl sites for hydroxylation is 1. The number of nitrogens with zero attached hydrogens (tertiary/aromatic N) is 1. The largest absolute Gasteiger partial charge is 0.305 e. The minimum absolute atomic E-state index is 0.0883. The number of hydrogen-bond donors (Lipinski definition) is 1. The monoisotopic (exact) mass is 326 g/mol.